The minimum Gasteiger partial charge on any atom is -0.454 e. The number of hydrogen-bond donors (Lipinski definition) is 1. The van der Waals surface area contributed by atoms with E-state index in [-0.39, 0.29) is 18.7 Å². The number of rotatable bonds is 5. The number of nitrogens with one attached hydrogen (secondary N) is 1. The Balaban J connectivity index is 1.63. The van der Waals surface area contributed by atoms with E-state index in [1.807, 2.05) is 37.1 Å². The zero-order chi connectivity index (χ0) is 18.0. The second kappa shape index (κ2) is 7.52. The van der Waals surface area contributed by atoms with Gasteiger partial charge < -0.3 is 14.8 Å². The van der Waals surface area contributed by atoms with Crippen molar-refractivity contribution in [3.8, 4) is 11.5 Å². The van der Waals surface area contributed by atoms with Crippen LogP contribution in [0.3, 0.4) is 0 Å². The highest BCUT2D eigenvalue weighted by Gasteiger charge is 2.20. The fraction of sp³-hybridized carbons (Fsp3) is 0.278. The maximum atomic E-state index is 12.5. The number of ether oxygens (including phenoxy) is 2. The Morgan fingerprint density at radius 3 is 2.72 bits per heavy atom. The fourth-order valence-electron chi connectivity index (χ4n) is 2.49. The largest absolute Gasteiger partial charge is 0.454 e. The van der Waals surface area contributed by atoms with Crippen molar-refractivity contribution in [3.05, 3.63) is 52.0 Å². The van der Waals surface area contributed by atoms with Gasteiger partial charge in [-0.2, -0.15) is 0 Å². The number of carbonyl (C=O) groups excluding carboxylic acids is 1. The third kappa shape index (κ3) is 4.18. The summed E-state index contributed by atoms with van der Waals surface area (Å²) < 4.78 is 10.7. The number of likely N-dealkylation sites (N-methyl/N-ethyl adjacent to an activating group) is 1. The summed E-state index contributed by atoms with van der Waals surface area (Å²) in [5, 5.41) is 3.76. The monoisotopic (exact) mass is 380 g/mol. The Kier molecular flexibility index (Phi) is 5.37. The molecular weight excluding hydrogens is 363 g/mol. The fourth-order valence-corrected chi connectivity index (χ4v) is 2.95. The maximum absolute atomic E-state index is 12.5. The predicted octanol–water partition coefficient (Wildman–Crippen LogP) is 4.18. The van der Waals surface area contributed by atoms with Crippen LogP contribution in [0.5, 0.6) is 11.5 Å². The van der Waals surface area contributed by atoms with E-state index in [4.69, 9.17) is 32.7 Å². The molecule has 0 unspecified atom stereocenters. The molecule has 1 heterocycles. The van der Waals surface area contributed by atoms with Crippen molar-refractivity contribution in [1.29, 1.82) is 0 Å². The molecule has 25 heavy (non-hydrogen) atoms. The van der Waals surface area contributed by atoms with Crippen LogP contribution in [0.15, 0.2) is 36.4 Å². The zero-order valence-corrected chi connectivity index (χ0v) is 15.4. The summed E-state index contributed by atoms with van der Waals surface area (Å²) in [6.07, 6.45) is 0. The van der Waals surface area contributed by atoms with Crippen molar-refractivity contribution in [2.24, 2.45) is 0 Å². The second-order valence-corrected chi connectivity index (χ2v) is 6.74. The average molecular weight is 381 g/mol. The van der Waals surface area contributed by atoms with Gasteiger partial charge in [-0.1, -0.05) is 29.3 Å². The maximum Gasteiger partial charge on any atom is 0.241 e. The molecule has 0 spiro atoms. The SMILES string of the molecule is C[C@H](C(=O)Nc1ccc(Cl)cc1Cl)N(C)Cc1ccc2c(c1)OCO2. The molecule has 0 aromatic heterocycles. The number of amides is 1. The number of carbonyl (C=O) groups is 1. The van der Waals surface area contributed by atoms with Crippen LogP contribution in [0.2, 0.25) is 10.0 Å². The van der Waals surface area contributed by atoms with Crippen LogP contribution >= 0.6 is 23.2 Å². The third-order valence-corrected chi connectivity index (χ3v) is 4.65. The molecule has 5 nitrogen and oxygen atoms in total. The summed E-state index contributed by atoms with van der Waals surface area (Å²) in [5.41, 5.74) is 1.58. The van der Waals surface area contributed by atoms with E-state index < -0.39 is 0 Å². The number of fused-ring (bicyclic) bond motifs is 1. The van der Waals surface area contributed by atoms with E-state index in [1.165, 1.54) is 0 Å². The molecule has 0 bridgehead atoms. The van der Waals surface area contributed by atoms with Gasteiger partial charge >= 0.3 is 0 Å². The topological polar surface area (TPSA) is 50.8 Å². The summed E-state index contributed by atoms with van der Waals surface area (Å²) in [4.78, 5) is 14.4. The number of hydrogen-bond acceptors (Lipinski definition) is 4. The molecule has 1 atom stereocenters. The molecule has 3 rings (SSSR count). The van der Waals surface area contributed by atoms with E-state index in [0.717, 1.165) is 17.1 Å². The third-order valence-electron chi connectivity index (χ3n) is 4.10. The normalized spacial score (nSPS) is 13.8. The first kappa shape index (κ1) is 17.9. The predicted molar refractivity (Wildman–Crippen MR) is 98.6 cm³/mol. The van der Waals surface area contributed by atoms with E-state index in [9.17, 15) is 4.79 Å². The number of nitrogens with zero attached hydrogens (tertiary/aromatic N) is 1. The van der Waals surface area contributed by atoms with Crippen LogP contribution < -0.4 is 14.8 Å². The highest BCUT2D eigenvalue weighted by molar-refractivity contribution is 6.36. The van der Waals surface area contributed by atoms with Gasteiger partial charge in [0.05, 0.1) is 16.8 Å². The van der Waals surface area contributed by atoms with Gasteiger partial charge in [-0.25, -0.2) is 0 Å². The van der Waals surface area contributed by atoms with Crippen LogP contribution in [0, 0.1) is 0 Å². The van der Waals surface area contributed by atoms with Crippen LogP contribution in [-0.4, -0.2) is 30.7 Å². The number of benzene rings is 2. The van der Waals surface area contributed by atoms with Crippen LogP contribution in [-0.2, 0) is 11.3 Å². The van der Waals surface area contributed by atoms with Gasteiger partial charge in [-0.15, -0.1) is 0 Å². The van der Waals surface area contributed by atoms with Gasteiger partial charge in [0.15, 0.2) is 11.5 Å². The molecule has 0 saturated carbocycles. The van der Waals surface area contributed by atoms with Crippen LogP contribution in [0.4, 0.5) is 5.69 Å². The van der Waals surface area contributed by atoms with Crippen LogP contribution in [0.25, 0.3) is 0 Å². The number of halogens is 2. The van der Waals surface area contributed by atoms with E-state index in [0.29, 0.717) is 22.3 Å². The average Bonchev–Trinajstić information content (AvgIpc) is 3.04. The highest BCUT2D eigenvalue weighted by Crippen LogP contribution is 2.33. The van der Waals surface area contributed by atoms with Gasteiger partial charge in [-0.05, 0) is 49.9 Å². The van der Waals surface area contributed by atoms with Crippen molar-refractivity contribution in [1.82, 2.24) is 4.90 Å². The Bertz CT molecular complexity index is 798. The van der Waals surface area contributed by atoms with Crippen molar-refractivity contribution in [2.75, 3.05) is 19.2 Å². The zero-order valence-electron chi connectivity index (χ0n) is 13.9. The Morgan fingerprint density at radius 2 is 1.96 bits per heavy atom. The lowest BCUT2D eigenvalue weighted by Gasteiger charge is -2.24. The molecule has 1 amide bonds. The minimum atomic E-state index is -0.350. The minimum absolute atomic E-state index is 0.146. The molecule has 1 aliphatic heterocycles. The van der Waals surface area contributed by atoms with E-state index in [2.05, 4.69) is 5.32 Å². The Hall–Kier alpha value is -1.95. The van der Waals surface area contributed by atoms with Crippen LogP contribution in [0.1, 0.15) is 12.5 Å². The summed E-state index contributed by atoms with van der Waals surface area (Å²) in [6.45, 7) is 2.68. The first-order valence-electron chi connectivity index (χ1n) is 7.78. The van der Waals surface area contributed by atoms with Gasteiger partial charge in [0.2, 0.25) is 12.7 Å². The van der Waals surface area contributed by atoms with Gasteiger partial charge in [0.25, 0.3) is 0 Å². The first-order valence-corrected chi connectivity index (χ1v) is 8.54. The smallest absolute Gasteiger partial charge is 0.241 e. The lowest BCUT2D eigenvalue weighted by Crippen LogP contribution is -2.39. The summed E-state index contributed by atoms with van der Waals surface area (Å²) in [6, 6.07) is 10.4. The molecule has 7 heteroatoms. The molecule has 0 radical (unpaired) electrons. The quantitative estimate of drug-likeness (QED) is 0.844. The van der Waals surface area contributed by atoms with Gasteiger partial charge in [0.1, 0.15) is 0 Å². The highest BCUT2D eigenvalue weighted by atomic mass is 35.5. The molecule has 0 saturated heterocycles. The Morgan fingerprint density at radius 1 is 1.20 bits per heavy atom. The summed E-state index contributed by atoms with van der Waals surface area (Å²) >= 11 is 12.0. The molecule has 1 N–H and O–H groups in total. The lowest BCUT2D eigenvalue weighted by atomic mass is 10.1. The molecule has 2 aromatic carbocycles. The first-order chi connectivity index (χ1) is 11.9. The van der Waals surface area contributed by atoms with E-state index in [1.54, 1.807) is 18.2 Å². The van der Waals surface area contributed by atoms with Crippen molar-refractivity contribution in [3.63, 3.8) is 0 Å². The Labute approximate surface area is 156 Å². The lowest BCUT2D eigenvalue weighted by molar-refractivity contribution is -0.120. The molecule has 1 aliphatic rings. The summed E-state index contributed by atoms with van der Waals surface area (Å²) in [5.74, 6) is 1.33. The standard InChI is InChI=1S/C18H18Cl2N2O3/c1-11(18(23)21-15-5-4-13(19)8-14(15)20)22(2)9-12-3-6-16-17(7-12)25-10-24-16/h3-8,11H,9-10H2,1-2H3,(H,21,23)/t11-/m1/s1. The van der Waals surface area contributed by atoms with Crippen molar-refractivity contribution < 1.29 is 14.3 Å². The second-order valence-electron chi connectivity index (χ2n) is 5.89. The number of anilines is 1. The van der Waals surface area contributed by atoms with Gasteiger partial charge in [0, 0.05) is 11.6 Å². The summed E-state index contributed by atoms with van der Waals surface area (Å²) in [7, 11) is 1.89. The van der Waals surface area contributed by atoms with Gasteiger partial charge in [-0.3, -0.25) is 9.69 Å². The van der Waals surface area contributed by atoms with Crippen molar-refractivity contribution >= 4 is 34.8 Å². The van der Waals surface area contributed by atoms with Crippen molar-refractivity contribution in [2.45, 2.75) is 19.5 Å². The molecule has 0 aliphatic carbocycles. The molecule has 2 aromatic rings. The van der Waals surface area contributed by atoms with E-state index >= 15 is 0 Å². The molecule has 132 valence electrons. The molecular formula is C18H18Cl2N2O3. The molecule has 0 fully saturated rings.